The van der Waals surface area contributed by atoms with Crippen molar-refractivity contribution >= 4 is 29.1 Å². The van der Waals surface area contributed by atoms with E-state index < -0.39 is 11.6 Å². The van der Waals surface area contributed by atoms with Crippen LogP contribution in [0.3, 0.4) is 0 Å². The first kappa shape index (κ1) is 19.8. The number of nitrogens with one attached hydrogen (secondary N) is 1. The predicted molar refractivity (Wildman–Crippen MR) is 111 cm³/mol. The third-order valence-electron chi connectivity index (χ3n) is 5.88. The molecule has 0 saturated carbocycles. The number of rotatable bonds is 4. The second-order valence-electron chi connectivity index (χ2n) is 7.40. The summed E-state index contributed by atoms with van der Waals surface area (Å²) in [6.45, 7) is 1.83. The fourth-order valence-corrected chi connectivity index (χ4v) is 4.27. The number of benzene rings is 2. The molecule has 2 aromatic rings. The van der Waals surface area contributed by atoms with Crippen LogP contribution in [0.25, 0.3) is 0 Å². The third-order valence-corrected chi connectivity index (χ3v) is 5.88. The van der Waals surface area contributed by atoms with Crippen molar-refractivity contribution in [3.8, 4) is 11.5 Å². The summed E-state index contributed by atoms with van der Waals surface area (Å²) in [4.78, 5) is 42.3. The summed E-state index contributed by atoms with van der Waals surface area (Å²) in [6.07, 6.45) is 0.380. The van der Waals surface area contributed by atoms with Gasteiger partial charge < -0.3 is 19.7 Å². The van der Waals surface area contributed by atoms with E-state index >= 15 is 0 Å². The first-order valence-electron chi connectivity index (χ1n) is 9.59. The molecule has 1 unspecified atom stereocenters. The molecule has 2 aromatic carbocycles. The predicted octanol–water partition coefficient (Wildman–Crippen LogP) is 2.56. The molecule has 0 bridgehead atoms. The van der Waals surface area contributed by atoms with Crippen LogP contribution in [0.4, 0.5) is 11.4 Å². The lowest BCUT2D eigenvalue weighted by atomic mass is 9.96. The van der Waals surface area contributed by atoms with Crippen LogP contribution in [0, 0.1) is 6.92 Å². The molecule has 2 aliphatic heterocycles. The quantitative estimate of drug-likeness (QED) is 0.839. The molecule has 1 N–H and O–H groups in total. The summed E-state index contributed by atoms with van der Waals surface area (Å²) in [7, 11) is 4.61. The van der Waals surface area contributed by atoms with Crippen molar-refractivity contribution in [1.82, 2.24) is 4.90 Å². The number of aryl methyl sites for hydroxylation is 1. The van der Waals surface area contributed by atoms with Crippen LogP contribution in [-0.2, 0) is 9.59 Å². The van der Waals surface area contributed by atoms with Crippen molar-refractivity contribution in [2.75, 3.05) is 31.5 Å². The molecule has 0 aromatic heterocycles. The van der Waals surface area contributed by atoms with Gasteiger partial charge in [-0.25, -0.2) is 0 Å². The van der Waals surface area contributed by atoms with Gasteiger partial charge in [0.25, 0.3) is 11.8 Å². The molecule has 3 amide bonds. The van der Waals surface area contributed by atoms with E-state index in [-0.39, 0.29) is 24.7 Å². The number of nitrogens with zero attached hydrogens (tertiary/aromatic N) is 2. The van der Waals surface area contributed by atoms with Gasteiger partial charge in [-0.15, -0.1) is 0 Å². The number of hydrogen-bond acceptors (Lipinski definition) is 5. The Bertz CT molecular complexity index is 1070. The Morgan fingerprint density at radius 2 is 1.77 bits per heavy atom. The molecule has 0 radical (unpaired) electrons. The molecule has 156 valence electrons. The number of ether oxygens (including phenoxy) is 2. The van der Waals surface area contributed by atoms with E-state index in [0.29, 0.717) is 28.4 Å². The van der Waals surface area contributed by atoms with Crippen molar-refractivity contribution in [2.24, 2.45) is 0 Å². The van der Waals surface area contributed by atoms with Crippen molar-refractivity contribution in [3.63, 3.8) is 0 Å². The highest BCUT2D eigenvalue weighted by molar-refractivity contribution is 6.18. The monoisotopic (exact) mass is 409 g/mol. The molecule has 8 nitrogen and oxygen atoms in total. The third kappa shape index (κ3) is 2.63. The van der Waals surface area contributed by atoms with Gasteiger partial charge in [-0.1, -0.05) is 12.1 Å². The fraction of sp³-hybridized carbons (Fsp3) is 0.318. The van der Waals surface area contributed by atoms with Crippen molar-refractivity contribution in [3.05, 3.63) is 47.5 Å². The van der Waals surface area contributed by atoms with E-state index in [2.05, 4.69) is 5.32 Å². The van der Waals surface area contributed by atoms with Gasteiger partial charge >= 0.3 is 0 Å². The Morgan fingerprint density at radius 3 is 2.47 bits per heavy atom. The fourth-order valence-electron chi connectivity index (χ4n) is 4.27. The lowest BCUT2D eigenvalue weighted by molar-refractivity contribution is -0.128. The van der Waals surface area contributed by atoms with Gasteiger partial charge in [0.05, 0.1) is 25.5 Å². The number of anilines is 2. The topological polar surface area (TPSA) is 88.2 Å². The zero-order valence-corrected chi connectivity index (χ0v) is 17.3. The number of methoxy groups -OCH3 is 2. The average Bonchev–Trinajstić information content (AvgIpc) is 3.11. The summed E-state index contributed by atoms with van der Waals surface area (Å²) in [6, 6.07) is 10.3. The summed E-state index contributed by atoms with van der Waals surface area (Å²) in [5.74, 6) is 0.0714. The average molecular weight is 409 g/mol. The van der Waals surface area contributed by atoms with Gasteiger partial charge in [0.2, 0.25) is 11.6 Å². The Hall–Kier alpha value is -3.55. The molecule has 2 aliphatic rings. The molecule has 2 heterocycles. The van der Waals surface area contributed by atoms with Gasteiger partial charge in [-0.05, 0) is 30.7 Å². The minimum atomic E-state index is -1.43. The first-order chi connectivity index (χ1) is 14.3. The second kappa shape index (κ2) is 7.05. The van der Waals surface area contributed by atoms with Crippen molar-refractivity contribution < 1.29 is 23.9 Å². The van der Waals surface area contributed by atoms with Gasteiger partial charge in [0, 0.05) is 31.6 Å². The van der Waals surface area contributed by atoms with E-state index in [1.165, 1.54) is 24.0 Å². The number of carbonyl (C=O) groups excluding carboxylic acids is 3. The normalized spacial score (nSPS) is 20.0. The zero-order chi connectivity index (χ0) is 21.6. The highest BCUT2D eigenvalue weighted by atomic mass is 16.5. The number of amides is 3. The molecule has 30 heavy (non-hydrogen) atoms. The van der Waals surface area contributed by atoms with E-state index in [4.69, 9.17) is 9.47 Å². The molecule has 8 heteroatoms. The van der Waals surface area contributed by atoms with Crippen LogP contribution < -0.4 is 19.7 Å². The zero-order valence-electron chi connectivity index (χ0n) is 17.3. The lowest BCUT2D eigenvalue weighted by Gasteiger charge is -2.47. The van der Waals surface area contributed by atoms with E-state index in [1.807, 2.05) is 6.92 Å². The first-order valence-corrected chi connectivity index (χ1v) is 9.59. The SMILES string of the molecule is COc1cc(C)c(NC(=O)C23CCC(=O)N2c2ccccc2C(=O)N3C)cc1OC. The van der Waals surface area contributed by atoms with E-state index in [1.54, 1.807) is 43.4 Å². The number of hydrogen-bond donors (Lipinski definition) is 1. The summed E-state index contributed by atoms with van der Waals surface area (Å²) >= 11 is 0. The number of likely N-dealkylation sites (N-methyl/N-ethyl adjacent to an activating group) is 1. The van der Waals surface area contributed by atoms with Crippen LogP contribution in [0.15, 0.2) is 36.4 Å². The number of carbonyl (C=O) groups is 3. The highest BCUT2D eigenvalue weighted by Gasteiger charge is 2.59. The van der Waals surface area contributed by atoms with Crippen LogP contribution in [0.1, 0.15) is 28.8 Å². The molecule has 1 fully saturated rings. The van der Waals surface area contributed by atoms with E-state index in [9.17, 15) is 14.4 Å². The summed E-state index contributed by atoms with van der Waals surface area (Å²) in [5.41, 5.74) is 0.718. The Balaban J connectivity index is 1.79. The van der Waals surface area contributed by atoms with Crippen LogP contribution in [0.2, 0.25) is 0 Å². The van der Waals surface area contributed by atoms with Gasteiger partial charge in [0.1, 0.15) is 0 Å². The standard InChI is InChI=1S/C22H23N3O5/c1-13-11-17(29-3)18(30-4)12-15(13)23-21(28)22-10-9-19(26)25(22)16-8-6-5-7-14(16)20(27)24(22)2/h5-8,11-12H,9-10H2,1-4H3,(H,23,28). The highest BCUT2D eigenvalue weighted by Crippen LogP contribution is 2.44. The second-order valence-corrected chi connectivity index (χ2v) is 7.40. The van der Waals surface area contributed by atoms with Gasteiger partial charge in [0.15, 0.2) is 11.5 Å². The molecule has 4 rings (SSSR count). The van der Waals surface area contributed by atoms with E-state index in [0.717, 1.165) is 5.56 Å². The van der Waals surface area contributed by atoms with Crippen molar-refractivity contribution in [2.45, 2.75) is 25.4 Å². The van der Waals surface area contributed by atoms with Gasteiger partial charge in [-0.3, -0.25) is 19.3 Å². The molecular formula is C22H23N3O5. The van der Waals surface area contributed by atoms with Crippen molar-refractivity contribution in [1.29, 1.82) is 0 Å². The van der Waals surface area contributed by atoms with Crippen LogP contribution in [-0.4, -0.2) is 49.6 Å². The largest absolute Gasteiger partial charge is 0.493 e. The Morgan fingerprint density at radius 1 is 1.10 bits per heavy atom. The molecule has 1 atom stereocenters. The number of fused-ring (bicyclic) bond motifs is 3. The summed E-state index contributed by atoms with van der Waals surface area (Å²) in [5, 5.41) is 2.91. The van der Waals surface area contributed by atoms with Crippen LogP contribution in [0.5, 0.6) is 11.5 Å². The Labute approximate surface area is 174 Å². The summed E-state index contributed by atoms with van der Waals surface area (Å²) < 4.78 is 10.6. The molecular weight excluding hydrogens is 386 g/mol. The maximum Gasteiger partial charge on any atom is 0.271 e. The molecule has 1 saturated heterocycles. The Kier molecular flexibility index (Phi) is 4.64. The minimum Gasteiger partial charge on any atom is -0.493 e. The molecule has 0 spiro atoms. The maximum atomic E-state index is 13.6. The molecule has 0 aliphatic carbocycles. The lowest BCUT2D eigenvalue weighted by Crippen LogP contribution is -2.68. The minimum absolute atomic E-state index is 0.171. The number of para-hydroxylation sites is 1. The van der Waals surface area contributed by atoms with Crippen LogP contribution >= 0.6 is 0 Å². The maximum absolute atomic E-state index is 13.6. The van der Waals surface area contributed by atoms with Gasteiger partial charge in [-0.2, -0.15) is 0 Å². The smallest absolute Gasteiger partial charge is 0.271 e.